The van der Waals surface area contributed by atoms with Gasteiger partial charge in [-0.2, -0.15) is 0 Å². The molecule has 3 nitrogen and oxygen atoms in total. The van der Waals surface area contributed by atoms with Gasteiger partial charge in [-0.15, -0.1) is 0 Å². The van der Waals surface area contributed by atoms with Crippen LogP contribution in [0.1, 0.15) is 22.3 Å². The summed E-state index contributed by atoms with van der Waals surface area (Å²) in [6, 6.07) is 61.9. The van der Waals surface area contributed by atoms with Crippen molar-refractivity contribution in [2.75, 3.05) is 0 Å². The zero-order valence-electron chi connectivity index (χ0n) is 30.1. The molecule has 0 saturated heterocycles. The molecule has 0 bridgehead atoms. The maximum Gasteiger partial charge on any atom is 0.145 e. The van der Waals surface area contributed by atoms with E-state index in [2.05, 4.69) is 158 Å². The molecule has 0 aliphatic heterocycles. The molecular formula is C53H30N2O. The molecule has 0 fully saturated rings. The van der Waals surface area contributed by atoms with Crippen LogP contribution in [0, 0.1) is 0 Å². The van der Waals surface area contributed by atoms with Crippen LogP contribution in [0.25, 0.3) is 99.0 Å². The molecule has 0 saturated carbocycles. The zero-order chi connectivity index (χ0) is 36.5. The Balaban J connectivity index is 1.33. The lowest BCUT2D eigenvalue weighted by atomic mass is 9.69. The van der Waals surface area contributed by atoms with Gasteiger partial charge in [0.25, 0.3) is 0 Å². The van der Waals surface area contributed by atoms with Crippen LogP contribution in [0.2, 0.25) is 0 Å². The maximum absolute atomic E-state index is 6.94. The number of nitrogens with zero attached hydrogens (tertiary/aromatic N) is 2. The van der Waals surface area contributed by atoms with E-state index in [1.807, 2.05) is 24.5 Å². The van der Waals surface area contributed by atoms with Crippen molar-refractivity contribution in [3.63, 3.8) is 0 Å². The van der Waals surface area contributed by atoms with Gasteiger partial charge in [-0.25, -0.2) is 0 Å². The number of para-hydroxylation sites is 1. The molecule has 3 aromatic heterocycles. The summed E-state index contributed by atoms with van der Waals surface area (Å²) in [5, 5.41) is 9.62. The van der Waals surface area contributed by atoms with Crippen LogP contribution in [0.3, 0.4) is 0 Å². The SMILES string of the molecule is c1ccc(-c2cc3c(c4ccccc24)-c2c(cc(-c4ccccn4)c4oc5ccccc5c24)C32c3ccc4ccccc4c3-c3c2ccc2ccccc32)nc1. The van der Waals surface area contributed by atoms with Gasteiger partial charge in [-0.05, 0) is 119 Å². The lowest BCUT2D eigenvalue weighted by Crippen LogP contribution is -2.26. The Bertz CT molecular complexity index is 3390. The van der Waals surface area contributed by atoms with Gasteiger partial charge in [0.2, 0.25) is 0 Å². The highest BCUT2D eigenvalue weighted by Crippen LogP contribution is 2.68. The van der Waals surface area contributed by atoms with E-state index in [1.165, 1.54) is 76.8 Å². The highest BCUT2D eigenvalue weighted by molar-refractivity contribution is 6.24. The van der Waals surface area contributed by atoms with Gasteiger partial charge in [-0.1, -0.05) is 127 Å². The Labute approximate surface area is 322 Å². The first-order valence-corrected chi connectivity index (χ1v) is 19.2. The summed E-state index contributed by atoms with van der Waals surface area (Å²) in [4.78, 5) is 9.94. The molecule has 1 spiro atoms. The number of hydrogen-bond acceptors (Lipinski definition) is 3. The number of furan rings is 1. The first kappa shape index (κ1) is 30.0. The second-order valence-electron chi connectivity index (χ2n) is 15.1. The largest absolute Gasteiger partial charge is 0.455 e. The molecule has 11 aromatic rings. The highest BCUT2D eigenvalue weighted by atomic mass is 16.3. The van der Waals surface area contributed by atoms with Crippen molar-refractivity contribution in [1.82, 2.24) is 9.97 Å². The van der Waals surface area contributed by atoms with Gasteiger partial charge < -0.3 is 4.42 Å². The van der Waals surface area contributed by atoms with Crippen molar-refractivity contribution in [3.8, 4) is 44.8 Å². The normalized spacial score (nSPS) is 13.5. The van der Waals surface area contributed by atoms with E-state index in [0.29, 0.717) is 0 Å². The monoisotopic (exact) mass is 710 g/mol. The third-order valence-corrected chi connectivity index (χ3v) is 12.5. The predicted octanol–water partition coefficient (Wildman–Crippen LogP) is 13.5. The van der Waals surface area contributed by atoms with E-state index in [4.69, 9.17) is 14.4 Å². The first-order valence-electron chi connectivity index (χ1n) is 19.2. The Morgan fingerprint density at radius 3 is 1.52 bits per heavy atom. The van der Waals surface area contributed by atoms with Crippen LogP contribution in [0.15, 0.2) is 187 Å². The Hall–Kier alpha value is -7.36. The number of aromatic nitrogens is 2. The predicted molar refractivity (Wildman–Crippen MR) is 229 cm³/mol. The van der Waals surface area contributed by atoms with Crippen molar-refractivity contribution in [3.05, 3.63) is 205 Å². The quantitative estimate of drug-likeness (QED) is 0.179. The average Bonchev–Trinajstić information content (AvgIpc) is 3.91. The zero-order valence-corrected chi connectivity index (χ0v) is 30.1. The molecule has 0 radical (unpaired) electrons. The Kier molecular flexibility index (Phi) is 5.83. The van der Waals surface area contributed by atoms with Crippen LogP contribution in [0.4, 0.5) is 0 Å². The highest BCUT2D eigenvalue weighted by Gasteiger charge is 2.54. The molecule has 56 heavy (non-hydrogen) atoms. The molecule has 3 heterocycles. The van der Waals surface area contributed by atoms with E-state index >= 15 is 0 Å². The summed E-state index contributed by atoms with van der Waals surface area (Å²) in [5.41, 5.74) is 15.2. The fraction of sp³-hybridized carbons (Fsp3) is 0.0189. The van der Waals surface area contributed by atoms with Crippen LogP contribution in [-0.4, -0.2) is 9.97 Å². The number of benzene rings is 8. The fourth-order valence-electron chi connectivity index (χ4n) is 10.4. The summed E-state index contributed by atoms with van der Waals surface area (Å²) in [7, 11) is 0. The molecule has 2 aliphatic carbocycles. The summed E-state index contributed by atoms with van der Waals surface area (Å²) in [5.74, 6) is 0. The van der Waals surface area contributed by atoms with Crippen LogP contribution < -0.4 is 0 Å². The van der Waals surface area contributed by atoms with E-state index in [9.17, 15) is 0 Å². The standard InChI is InChI=1S/C53H30N2O/c1-3-15-33-31(13-1)23-25-40-47(33)48-34-16-4-2-14-32(34)24-26-41(48)53(40)42-29-38(44-20-9-11-27-54-44)35-17-5-6-18-36(35)49(42)51-43(53)30-39(45-21-10-12-28-55-45)52-50(51)37-19-7-8-22-46(37)56-52/h1-30H. The summed E-state index contributed by atoms with van der Waals surface area (Å²) < 4.78 is 6.94. The molecule has 0 unspecified atom stereocenters. The van der Waals surface area contributed by atoms with Gasteiger partial charge in [0.05, 0.1) is 16.8 Å². The van der Waals surface area contributed by atoms with Crippen molar-refractivity contribution >= 4 is 54.3 Å². The summed E-state index contributed by atoms with van der Waals surface area (Å²) in [6.45, 7) is 0. The van der Waals surface area contributed by atoms with Crippen molar-refractivity contribution in [2.24, 2.45) is 0 Å². The summed E-state index contributed by atoms with van der Waals surface area (Å²) in [6.07, 6.45) is 3.78. The van der Waals surface area contributed by atoms with Gasteiger partial charge in [0, 0.05) is 34.3 Å². The maximum atomic E-state index is 6.94. The Morgan fingerprint density at radius 1 is 0.375 bits per heavy atom. The van der Waals surface area contributed by atoms with Gasteiger partial charge in [0.15, 0.2) is 0 Å². The topological polar surface area (TPSA) is 38.9 Å². The summed E-state index contributed by atoms with van der Waals surface area (Å²) >= 11 is 0. The van der Waals surface area contributed by atoms with Crippen LogP contribution in [0.5, 0.6) is 0 Å². The number of hydrogen-bond donors (Lipinski definition) is 0. The minimum atomic E-state index is -0.674. The van der Waals surface area contributed by atoms with Gasteiger partial charge in [-0.3, -0.25) is 9.97 Å². The first-order chi connectivity index (χ1) is 27.8. The van der Waals surface area contributed by atoms with E-state index in [1.54, 1.807) is 0 Å². The smallest absolute Gasteiger partial charge is 0.145 e. The molecular weight excluding hydrogens is 681 g/mol. The van der Waals surface area contributed by atoms with E-state index in [0.717, 1.165) is 44.5 Å². The Morgan fingerprint density at radius 2 is 0.875 bits per heavy atom. The van der Waals surface area contributed by atoms with Crippen molar-refractivity contribution in [2.45, 2.75) is 5.41 Å². The molecule has 258 valence electrons. The van der Waals surface area contributed by atoms with Gasteiger partial charge in [0.1, 0.15) is 11.2 Å². The minimum absolute atomic E-state index is 0.674. The van der Waals surface area contributed by atoms with Crippen molar-refractivity contribution in [1.29, 1.82) is 0 Å². The minimum Gasteiger partial charge on any atom is -0.455 e. The van der Waals surface area contributed by atoms with Crippen LogP contribution in [-0.2, 0) is 5.41 Å². The van der Waals surface area contributed by atoms with Crippen molar-refractivity contribution < 1.29 is 4.42 Å². The number of pyridine rings is 2. The second kappa shape index (κ2) is 10.9. The van der Waals surface area contributed by atoms with E-state index < -0.39 is 5.41 Å². The second-order valence-corrected chi connectivity index (χ2v) is 15.1. The van der Waals surface area contributed by atoms with Crippen LogP contribution >= 0.6 is 0 Å². The molecule has 2 aliphatic rings. The molecule has 0 atom stereocenters. The third kappa shape index (κ3) is 3.67. The van der Waals surface area contributed by atoms with Gasteiger partial charge >= 0.3 is 0 Å². The average molecular weight is 711 g/mol. The molecule has 8 aromatic carbocycles. The third-order valence-electron chi connectivity index (χ3n) is 12.5. The molecule has 0 amide bonds. The molecule has 0 N–H and O–H groups in total. The lowest BCUT2D eigenvalue weighted by molar-refractivity contribution is 0.669. The number of rotatable bonds is 2. The lowest BCUT2D eigenvalue weighted by Gasteiger charge is -2.31. The fourth-order valence-corrected chi connectivity index (χ4v) is 10.4. The number of fused-ring (bicyclic) bond motifs is 20. The molecule has 3 heteroatoms. The van der Waals surface area contributed by atoms with E-state index in [-0.39, 0.29) is 0 Å². The molecule has 13 rings (SSSR count).